The molecule has 2 amide bonds. The second kappa shape index (κ2) is 9.89. The first-order valence-corrected chi connectivity index (χ1v) is 11.3. The van der Waals surface area contributed by atoms with Gasteiger partial charge in [-0.3, -0.25) is 14.5 Å². The number of anilines is 1. The Morgan fingerprint density at radius 3 is 2.71 bits per heavy atom. The molecule has 1 aliphatic rings. The molecule has 0 radical (unpaired) electrons. The zero-order chi connectivity index (χ0) is 21.6. The number of nitrogens with one attached hydrogen (secondary N) is 2. The topological polar surface area (TPSA) is 87.5 Å². The van der Waals surface area contributed by atoms with Crippen LogP contribution in [0.25, 0.3) is 0 Å². The van der Waals surface area contributed by atoms with E-state index in [0.29, 0.717) is 23.6 Å². The highest BCUT2D eigenvalue weighted by Crippen LogP contribution is 2.23. The molecule has 3 heterocycles. The van der Waals surface area contributed by atoms with Crippen LogP contribution in [0.15, 0.2) is 52.5 Å². The van der Waals surface area contributed by atoms with E-state index >= 15 is 0 Å². The summed E-state index contributed by atoms with van der Waals surface area (Å²) < 4.78 is 5.25. The number of aryl methyl sites for hydroxylation is 1. The van der Waals surface area contributed by atoms with E-state index in [4.69, 9.17) is 4.42 Å². The van der Waals surface area contributed by atoms with Gasteiger partial charge < -0.3 is 15.1 Å². The minimum atomic E-state index is -0.249. The van der Waals surface area contributed by atoms with Gasteiger partial charge in [0.15, 0.2) is 0 Å². The molecule has 1 saturated heterocycles. The van der Waals surface area contributed by atoms with Crippen molar-refractivity contribution >= 4 is 28.8 Å². The molecule has 7 nitrogen and oxygen atoms in total. The second-order valence-electron chi connectivity index (χ2n) is 7.71. The number of nitrogens with zero attached hydrogens (tertiary/aromatic N) is 2. The largest absolute Gasteiger partial charge is 0.467 e. The number of carbonyl (C=O) groups excluding carboxylic acids is 2. The fourth-order valence-corrected chi connectivity index (χ4v) is 4.37. The Labute approximate surface area is 185 Å². The van der Waals surface area contributed by atoms with Crippen LogP contribution in [0.4, 0.5) is 5.69 Å². The second-order valence-corrected chi connectivity index (χ2v) is 8.77. The Kier molecular flexibility index (Phi) is 6.79. The molecule has 8 heteroatoms. The van der Waals surface area contributed by atoms with Gasteiger partial charge in [-0.2, -0.15) is 0 Å². The summed E-state index contributed by atoms with van der Waals surface area (Å²) in [7, 11) is 0. The number of rotatable bonds is 7. The molecule has 3 aromatic rings. The first kappa shape index (κ1) is 21.3. The average Bonchev–Trinajstić information content (AvgIpc) is 3.44. The van der Waals surface area contributed by atoms with Crippen LogP contribution < -0.4 is 10.6 Å². The van der Waals surface area contributed by atoms with Crippen LogP contribution in [-0.4, -0.2) is 34.8 Å². The van der Waals surface area contributed by atoms with Crippen molar-refractivity contribution in [2.24, 2.45) is 5.92 Å². The molecule has 0 aliphatic carbocycles. The maximum Gasteiger partial charge on any atom is 0.253 e. The number of carbonyl (C=O) groups is 2. The molecule has 4 rings (SSSR count). The minimum absolute atomic E-state index is 0.0320. The van der Waals surface area contributed by atoms with Crippen LogP contribution in [0.1, 0.15) is 39.7 Å². The lowest BCUT2D eigenvalue weighted by molar-refractivity contribution is -0.121. The van der Waals surface area contributed by atoms with Crippen LogP contribution >= 0.6 is 11.3 Å². The van der Waals surface area contributed by atoms with Crippen molar-refractivity contribution in [3.63, 3.8) is 0 Å². The first-order chi connectivity index (χ1) is 15.1. The predicted octanol–water partition coefficient (Wildman–Crippen LogP) is 3.83. The smallest absolute Gasteiger partial charge is 0.253 e. The number of hydrogen-bond acceptors (Lipinski definition) is 6. The molecule has 162 valence electrons. The Morgan fingerprint density at radius 1 is 1.19 bits per heavy atom. The van der Waals surface area contributed by atoms with E-state index in [1.165, 1.54) is 0 Å². The summed E-state index contributed by atoms with van der Waals surface area (Å²) in [6.07, 6.45) is 3.16. The van der Waals surface area contributed by atoms with Gasteiger partial charge in [0.2, 0.25) is 5.91 Å². The third-order valence-electron chi connectivity index (χ3n) is 5.44. The lowest BCUT2D eigenvalue weighted by atomic mass is 9.95. The van der Waals surface area contributed by atoms with Crippen molar-refractivity contribution in [2.75, 3.05) is 18.4 Å². The van der Waals surface area contributed by atoms with Crippen LogP contribution in [0.3, 0.4) is 0 Å². The minimum Gasteiger partial charge on any atom is -0.467 e. The third-order valence-corrected chi connectivity index (χ3v) is 6.27. The van der Waals surface area contributed by atoms with E-state index in [-0.39, 0.29) is 17.7 Å². The van der Waals surface area contributed by atoms with Crippen LogP contribution in [-0.2, 0) is 17.9 Å². The molecule has 0 atom stereocenters. The number of aromatic nitrogens is 1. The van der Waals surface area contributed by atoms with E-state index in [1.807, 2.05) is 13.0 Å². The summed E-state index contributed by atoms with van der Waals surface area (Å²) in [4.78, 5) is 32.4. The molecule has 1 aliphatic heterocycles. The molecule has 1 aromatic carbocycles. The maximum absolute atomic E-state index is 12.9. The van der Waals surface area contributed by atoms with Gasteiger partial charge in [0.05, 0.1) is 34.8 Å². The van der Waals surface area contributed by atoms with E-state index in [9.17, 15) is 9.59 Å². The maximum atomic E-state index is 12.9. The normalized spacial score (nSPS) is 15.0. The quantitative estimate of drug-likeness (QED) is 0.585. The lowest BCUT2D eigenvalue weighted by Crippen LogP contribution is -2.38. The van der Waals surface area contributed by atoms with E-state index < -0.39 is 0 Å². The van der Waals surface area contributed by atoms with Crippen molar-refractivity contribution < 1.29 is 14.0 Å². The van der Waals surface area contributed by atoms with Crippen molar-refractivity contribution in [3.8, 4) is 0 Å². The number of furan rings is 1. The highest BCUT2D eigenvalue weighted by atomic mass is 32.1. The van der Waals surface area contributed by atoms with Crippen molar-refractivity contribution in [1.82, 2.24) is 15.2 Å². The number of amides is 2. The van der Waals surface area contributed by atoms with E-state index in [1.54, 1.807) is 47.9 Å². The van der Waals surface area contributed by atoms with E-state index in [2.05, 4.69) is 25.9 Å². The fraction of sp³-hybridized carbons (Fsp3) is 0.348. The summed E-state index contributed by atoms with van der Waals surface area (Å²) in [6.45, 7) is 4.86. The summed E-state index contributed by atoms with van der Waals surface area (Å²) in [5.41, 5.74) is 2.07. The number of benzene rings is 1. The number of thiazole rings is 1. The predicted molar refractivity (Wildman–Crippen MR) is 120 cm³/mol. The Hall–Kier alpha value is -2.97. The number of piperidine rings is 1. The summed E-state index contributed by atoms with van der Waals surface area (Å²) in [5, 5.41) is 8.98. The Bertz CT molecular complexity index is 1020. The van der Waals surface area contributed by atoms with E-state index in [0.717, 1.165) is 43.2 Å². The van der Waals surface area contributed by atoms with Crippen LogP contribution in [0.5, 0.6) is 0 Å². The number of likely N-dealkylation sites (tertiary alicyclic amines) is 1. The Balaban J connectivity index is 1.31. The zero-order valence-electron chi connectivity index (χ0n) is 17.5. The lowest BCUT2D eigenvalue weighted by Gasteiger charge is -2.30. The van der Waals surface area contributed by atoms with Crippen LogP contribution in [0.2, 0.25) is 0 Å². The molecule has 0 unspecified atom stereocenters. The van der Waals surface area contributed by atoms with Gasteiger partial charge in [0.1, 0.15) is 5.76 Å². The van der Waals surface area contributed by atoms with Crippen molar-refractivity contribution in [1.29, 1.82) is 0 Å². The molecular formula is C23H26N4O3S. The molecular weight excluding hydrogens is 412 g/mol. The summed E-state index contributed by atoms with van der Waals surface area (Å²) in [5.74, 6) is 0.332. The fourth-order valence-electron chi connectivity index (χ4n) is 3.76. The summed E-state index contributed by atoms with van der Waals surface area (Å²) in [6, 6.07) is 10.7. The average molecular weight is 439 g/mol. The summed E-state index contributed by atoms with van der Waals surface area (Å²) >= 11 is 1.67. The first-order valence-electron chi connectivity index (χ1n) is 10.4. The molecule has 1 fully saturated rings. The van der Waals surface area contributed by atoms with Gasteiger partial charge in [-0.15, -0.1) is 11.3 Å². The molecule has 31 heavy (non-hydrogen) atoms. The SMILES string of the molecule is Cc1nc(CN2CCC(C(=O)Nc3ccccc3C(=O)NCc3ccco3)CC2)cs1. The highest BCUT2D eigenvalue weighted by molar-refractivity contribution is 7.09. The molecule has 0 saturated carbocycles. The van der Waals surface area contributed by atoms with Gasteiger partial charge in [0.25, 0.3) is 5.91 Å². The molecule has 0 bridgehead atoms. The van der Waals surface area contributed by atoms with Gasteiger partial charge in [-0.05, 0) is 57.1 Å². The molecule has 0 spiro atoms. The number of para-hydroxylation sites is 1. The van der Waals surface area contributed by atoms with Gasteiger partial charge >= 0.3 is 0 Å². The van der Waals surface area contributed by atoms with Gasteiger partial charge in [-0.25, -0.2) is 4.98 Å². The standard InChI is InChI=1S/C23H26N4O3S/c1-16-25-18(15-31-16)14-27-10-8-17(9-11-27)22(28)26-21-7-3-2-6-20(21)23(29)24-13-19-5-4-12-30-19/h2-7,12,15,17H,8-11,13-14H2,1H3,(H,24,29)(H,26,28). The van der Waals surface area contributed by atoms with Gasteiger partial charge in [0, 0.05) is 17.8 Å². The number of hydrogen-bond donors (Lipinski definition) is 2. The molecule has 2 N–H and O–H groups in total. The van der Waals surface area contributed by atoms with Crippen molar-refractivity contribution in [2.45, 2.75) is 32.9 Å². The van der Waals surface area contributed by atoms with Crippen molar-refractivity contribution in [3.05, 3.63) is 70.1 Å². The highest BCUT2D eigenvalue weighted by Gasteiger charge is 2.26. The third kappa shape index (κ3) is 5.59. The van der Waals surface area contributed by atoms with Crippen LogP contribution in [0, 0.1) is 12.8 Å². The van der Waals surface area contributed by atoms with Gasteiger partial charge in [-0.1, -0.05) is 12.1 Å². The zero-order valence-corrected chi connectivity index (χ0v) is 18.3. The Morgan fingerprint density at radius 2 is 2.00 bits per heavy atom. The molecule has 2 aromatic heterocycles. The monoisotopic (exact) mass is 438 g/mol.